The van der Waals surface area contributed by atoms with Crippen LogP contribution in [0.25, 0.3) is 0 Å². The summed E-state index contributed by atoms with van der Waals surface area (Å²) in [5.41, 5.74) is 1.11. The van der Waals surface area contributed by atoms with Crippen LogP contribution in [-0.2, 0) is 32.3 Å². The molecule has 1 aromatic heterocycles. The molecule has 0 unspecified atom stereocenters. The number of hydrogen-bond donors (Lipinski definition) is 3. The van der Waals surface area contributed by atoms with Gasteiger partial charge in [0.25, 0.3) is 12.6 Å². The molecule has 2 rings (SSSR count). The summed E-state index contributed by atoms with van der Waals surface area (Å²) < 4.78 is 11.7. The molecule has 2 amide bonds. The summed E-state index contributed by atoms with van der Waals surface area (Å²) in [4.78, 5) is 51.1. The van der Waals surface area contributed by atoms with E-state index in [0.717, 1.165) is 5.56 Å². The number of carbonyl (C=O) groups is 3. The van der Waals surface area contributed by atoms with Gasteiger partial charge in [-0.05, 0) is 18.6 Å². The summed E-state index contributed by atoms with van der Waals surface area (Å²) in [5, 5.41) is 12.6. The predicted molar refractivity (Wildman–Crippen MR) is 111 cm³/mol. The number of aromatic nitrogens is 1. The maximum atomic E-state index is 12.3. The highest BCUT2D eigenvalue weighted by Crippen LogP contribution is 2.05. The van der Waals surface area contributed by atoms with Gasteiger partial charge < -0.3 is 20.1 Å². The van der Waals surface area contributed by atoms with Gasteiger partial charge in [-0.3, -0.25) is 4.79 Å². The van der Waals surface area contributed by atoms with Crippen LogP contribution in [0.3, 0.4) is 0 Å². The third kappa shape index (κ3) is 9.21. The molecule has 12 nitrogen and oxygen atoms in total. The van der Waals surface area contributed by atoms with Gasteiger partial charge in [0.1, 0.15) is 16.5 Å². The van der Waals surface area contributed by atoms with Crippen molar-refractivity contribution in [2.24, 2.45) is 0 Å². The Labute approximate surface area is 189 Å². The van der Waals surface area contributed by atoms with Crippen molar-refractivity contribution in [2.75, 3.05) is 19.8 Å². The van der Waals surface area contributed by atoms with Gasteiger partial charge in [0.05, 0.1) is 13.2 Å². The first kappa shape index (κ1) is 25.0. The van der Waals surface area contributed by atoms with Crippen LogP contribution in [0.15, 0.2) is 54.9 Å². The second-order valence-electron chi connectivity index (χ2n) is 6.63. The molecular weight excluding hydrogens is 436 g/mol. The third-order valence-corrected chi connectivity index (χ3v) is 4.20. The summed E-state index contributed by atoms with van der Waals surface area (Å²) in [6.07, 6.45) is 2.44. The Bertz CT molecular complexity index is 954. The van der Waals surface area contributed by atoms with Crippen molar-refractivity contribution in [3.63, 3.8) is 0 Å². The Morgan fingerprint density at radius 3 is 2.58 bits per heavy atom. The largest absolute Gasteiger partial charge is 0.475 e. The van der Waals surface area contributed by atoms with Crippen molar-refractivity contribution >= 4 is 18.0 Å². The fourth-order valence-corrected chi connectivity index (χ4v) is 2.73. The van der Waals surface area contributed by atoms with Gasteiger partial charge in [-0.2, -0.15) is 9.40 Å². The van der Waals surface area contributed by atoms with E-state index in [4.69, 9.17) is 14.7 Å². The molecule has 0 aliphatic carbocycles. The molecule has 1 heterocycles. The lowest BCUT2D eigenvalue weighted by Crippen LogP contribution is -2.46. The van der Waals surface area contributed by atoms with Gasteiger partial charge >= 0.3 is 17.1 Å². The molecule has 0 saturated carbocycles. The molecule has 12 heteroatoms. The molecule has 0 bridgehead atoms. The molecular formula is C21H26N4O8+2. The van der Waals surface area contributed by atoms with Crippen molar-refractivity contribution in [3.05, 3.63) is 70.9 Å². The number of esters is 1. The number of benzene rings is 1. The summed E-state index contributed by atoms with van der Waals surface area (Å²) in [7, 11) is 0. The van der Waals surface area contributed by atoms with E-state index in [-0.39, 0.29) is 38.5 Å². The normalized spacial score (nSPS) is 11.1. The number of amides is 2. The highest BCUT2D eigenvalue weighted by atomic mass is 16.9. The molecule has 2 aromatic rings. The molecule has 1 aromatic carbocycles. The standard InChI is InChI=1S/C21H24N4O8/c1-2-31-20(27)18(13-16-7-4-3-5-8-16)23-21(28)32-15-24-11-6-9-17(14-24)19(26)22-10-12-33-25(29)30/h3-9,11,14,18H,2,10,12-13,15H2,1H3,(H-2,22,23,26,28,29,30)/p+2/t18-/m0/s1. The Morgan fingerprint density at radius 1 is 1.12 bits per heavy atom. The first-order valence-electron chi connectivity index (χ1n) is 10.1. The van der Waals surface area contributed by atoms with E-state index < -0.39 is 29.1 Å². The molecule has 3 N–H and O–H groups in total. The number of carbonyl (C=O) groups excluding carboxylic acids is 3. The third-order valence-electron chi connectivity index (χ3n) is 4.20. The lowest BCUT2D eigenvalue weighted by molar-refractivity contribution is -0.975. The van der Waals surface area contributed by atoms with Crippen LogP contribution < -0.4 is 15.2 Å². The number of nitrogens with zero attached hydrogens (tertiary/aromatic N) is 2. The number of alkyl carbamates (subject to hydrolysis) is 1. The minimum Gasteiger partial charge on any atom is -0.464 e. The molecule has 0 spiro atoms. The van der Waals surface area contributed by atoms with Crippen LogP contribution >= 0.6 is 0 Å². The van der Waals surface area contributed by atoms with Gasteiger partial charge in [0.15, 0.2) is 19.0 Å². The molecule has 176 valence electrons. The maximum Gasteiger partial charge on any atom is 0.475 e. The monoisotopic (exact) mass is 462 g/mol. The van der Waals surface area contributed by atoms with E-state index in [1.54, 1.807) is 19.2 Å². The van der Waals surface area contributed by atoms with E-state index in [0.29, 0.717) is 0 Å². The van der Waals surface area contributed by atoms with Crippen molar-refractivity contribution < 1.29 is 43.6 Å². The van der Waals surface area contributed by atoms with Gasteiger partial charge in [-0.15, -0.1) is 0 Å². The lowest BCUT2D eigenvalue weighted by atomic mass is 10.1. The van der Waals surface area contributed by atoms with Crippen molar-refractivity contribution in [2.45, 2.75) is 26.1 Å². The van der Waals surface area contributed by atoms with Crippen LogP contribution in [0.4, 0.5) is 4.79 Å². The topological polar surface area (TPSA) is 147 Å². The zero-order valence-electron chi connectivity index (χ0n) is 18.0. The van der Waals surface area contributed by atoms with Gasteiger partial charge in [-0.25, -0.2) is 14.8 Å². The van der Waals surface area contributed by atoms with Crippen LogP contribution in [0.2, 0.25) is 0 Å². The van der Waals surface area contributed by atoms with E-state index in [1.165, 1.54) is 16.8 Å². The Kier molecular flexibility index (Phi) is 10.1. The highest BCUT2D eigenvalue weighted by molar-refractivity contribution is 5.93. The Morgan fingerprint density at radius 2 is 1.88 bits per heavy atom. The molecule has 1 atom stereocenters. The fraction of sp³-hybridized carbons (Fsp3) is 0.333. The predicted octanol–water partition coefficient (Wildman–Crippen LogP) is 0.662. The van der Waals surface area contributed by atoms with E-state index in [2.05, 4.69) is 15.5 Å². The van der Waals surface area contributed by atoms with Crippen LogP contribution in [-0.4, -0.2) is 54.1 Å². The fourth-order valence-electron chi connectivity index (χ4n) is 2.73. The quantitative estimate of drug-likeness (QED) is 0.180. The number of nitrogens with one attached hydrogen (secondary N) is 2. The molecule has 33 heavy (non-hydrogen) atoms. The molecule has 0 radical (unpaired) electrons. The molecule has 0 aliphatic heterocycles. The van der Waals surface area contributed by atoms with Crippen molar-refractivity contribution in [1.29, 1.82) is 0 Å². The SMILES string of the molecule is CCOC(=O)[C@H](Cc1ccccc1)NC(=O)OC[n+]1cccc(C(=O)NCCO[N+](=O)O)c1. The second-order valence-corrected chi connectivity index (χ2v) is 6.63. The summed E-state index contributed by atoms with van der Waals surface area (Å²) in [6.45, 7) is 1.40. The van der Waals surface area contributed by atoms with E-state index >= 15 is 0 Å². The number of pyridine rings is 1. The Balaban J connectivity index is 1.90. The number of rotatable bonds is 12. The number of ether oxygens (including phenoxy) is 2. The van der Waals surface area contributed by atoms with Crippen molar-refractivity contribution in [3.8, 4) is 0 Å². The summed E-state index contributed by atoms with van der Waals surface area (Å²) in [6, 6.07) is 11.4. The first-order valence-corrected chi connectivity index (χ1v) is 10.1. The van der Waals surface area contributed by atoms with Gasteiger partial charge in [-0.1, -0.05) is 30.3 Å². The zero-order valence-corrected chi connectivity index (χ0v) is 18.0. The smallest absolute Gasteiger partial charge is 0.464 e. The van der Waals surface area contributed by atoms with Crippen LogP contribution in [0.5, 0.6) is 0 Å². The summed E-state index contributed by atoms with van der Waals surface area (Å²) in [5.74, 6) is -1.03. The molecule has 0 saturated heterocycles. The number of hydrogen-bond acceptors (Lipinski definition) is 7. The van der Waals surface area contributed by atoms with E-state index in [1.807, 2.05) is 30.3 Å². The average molecular weight is 462 g/mol. The van der Waals surface area contributed by atoms with E-state index in [9.17, 15) is 19.3 Å². The van der Waals surface area contributed by atoms with Crippen molar-refractivity contribution in [1.82, 2.24) is 10.6 Å². The van der Waals surface area contributed by atoms with Gasteiger partial charge in [0.2, 0.25) is 0 Å². The Hall–Kier alpha value is -4.22. The van der Waals surface area contributed by atoms with Crippen LogP contribution in [0, 0.1) is 4.91 Å². The summed E-state index contributed by atoms with van der Waals surface area (Å²) >= 11 is 0. The van der Waals surface area contributed by atoms with Crippen LogP contribution in [0.1, 0.15) is 22.8 Å². The molecule has 0 fully saturated rings. The maximum absolute atomic E-state index is 12.3. The minimum atomic E-state index is -0.923. The first-order chi connectivity index (χ1) is 15.9. The lowest BCUT2D eigenvalue weighted by Gasteiger charge is -2.16. The zero-order chi connectivity index (χ0) is 24.1. The second kappa shape index (κ2) is 13.2. The molecule has 0 aliphatic rings. The average Bonchev–Trinajstić information content (AvgIpc) is 2.81. The highest BCUT2D eigenvalue weighted by Gasteiger charge is 2.24. The van der Waals surface area contributed by atoms with Gasteiger partial charge in [0, 0.05) is 12.5 Å². The minimum absolute atomic E-state index is 0.0113.